The molecule has 0 radical (unpaired) electrons. The molecule has 0 spiro atoms. The lowest BCUT2D eigenvalue weighted by Crippen LogP contribution is -2.49. The van der Waals surface area contributed by atoms with Gasteiger partial charge < -0.3 is 14.9 Å². The molecule has 1 aliphatic carbocycles. The van der Waals surface area contributed by atoms with Crippen LogP contribution in [0.4, 0.5) is 0 Å². The van der Waals surface area contributed by atoms with E-state index < -0.39 is 5.97 Å². The average Bonchev–Trinajstić information content (AvgIpc) is 3.28. The van der Waals surface area contributed by atoms with E-state index in [4.69, 9.17) is 5.11 Å². The van der Waals surface area contributed by atoms with Gasteiger partial charge >= 0.3 is 5.97 Å². The number of hydrogen-bond acceptors (Lipinski definition) is 4. The zero-order chi connectivity index (χ0) is 18.7. The minimum absolute atomic E-state index is 0.0581. The van der Waals surface area contributed by atoms with Crippen LogP contribution >= 0.6 is 0 Å². The maximum atomic E-state index is 12.9. The van der Waals surface area contributed by atoms with Gasteiger partial charge in [-0.1, -0.05) is 19.8 Å². The van der Waals surface area contributed by atoms with Crippen molar-refractivity contribution in [3.63, 3.8) is 0 Å². The maximum Gasteiger partial charge on any atom is 0.317 e. The normalized spacial score (nSPS) is 25.5. The molecule has 3 rings (SSSR count). The van der Waals surface area contributed by atoms with Crippen molar-refractivity contribution in [3.05, 3.63) is 0 Å². The summed E-state index contributed by atoms with van der Waals surface area (Å²) in [5, 5.41) is 9.03. The van der Waals surface area contributed by atoms with Gasteiger partial charge in [0.05, 0.1) is 12.5 Å². The third kappa shape index (κ3) is 4.19. The number of carbonyl (C=O) groups is 3. The molecule has 146 valence electrons. The highest BCUT2D eigenvalue weighted by atomic mass is 16.4. The second-order valence-corrected chi connectivity index (χ2v) is 7.90. The summed E-state index contributed by atoms with van der Waals surface area (Å²) in [6.07, 6.45) is 6.49. The summed E-state index contributed by atoms with van der Waals surface area (Å²) in [6, 6.07) is 0.570. The Morgan fingerprint density at radius 3 is 2.38 bits per heavy atom. The first-order valence-corrected chi connectivity index (χ1v) is 10.0. The topological polar surface area (TPSA) is 81.2 Å². The van der Waals surface area contributed by atoms with Crippen LogP contribution in [0.15, 0.2) is 0 Å². The molecular formula is C19H31N3O4. The summed E-state index contributed by atoms with van der Waals surface area (Å²) in [4.78, 5) is 42.0. The number of carbonyl (C=O) groups excluding carboxylic acids is 2. The summed E-state index contributed by atoms with van der Waals surface area (Å²) in [7, 11) is 0. The van der Waals surface area contributed by atoms with Crippen LogP contribution in [0.3, 0.4) is 0 Å². The van der Waals surface area contributed by atoms with E-state index >= 15 is 0 Å². The molecule has 0 bridgehead atoms. The highest BCUT2D eigenvalue weighted by Crippen LogP contribution is 2.30. The Morgan fingerprint density at radius 2 is 1.81 bits per heavy atom. The van der Waals surface area contributed by atoms with Gasteiger partial charge in [0, 0.05) is 38.1 Å². The predicted octanol–water partition coefficient (Wildman–Crippen LogP) is 1.18. The van der Waals surface area contributed by atoms with E-state index in [-0.39, 0.29) is 30.3 Å². The Bertz CT molecular complexity index is 539. The van der Waals surface area contributed by atoms with Crippen molar-refractivity contribution < 1.29 is 19.5 Å². The first-order valence-electron chi connectivity index (χ1n) is 10.0. The lowest BCUT2D eigenvalue weighted by Gasteiger charge is -2.38. The molecule has 2 amide bonds. The van der Waals surface area contributed by atoms with Crippen molar-refractivity contribution in [2.75, 3.05) is 32.7 Å². The standard InChI is InChI=1S/C19H31N3O4/c1-2-20(13-18(24)25)15-7-9-21(10-8-15)19(26)14-11-17(23)22(12-14)16-5-3-4-6-16/h14-16H,2-13H2,1H3,(H,24,25). The molecule has 2 heterocycles. The monoisotopic (exact) mass is 365 g/mol. The van der Waals surface area contributed by atoms with Crippen molar-refractivity contribution in [1.29, 1.82) is 0 Å². The smallest absolute Gasteiger partial charge is 0.317 e. The lowest BCUT2D eigenvalue weighted by atomic mass is 10.00. The van der Waals surface area contributed by atoms with Crippen molar-refractivity contribution in [3.8, 4) is 0 Å². The van der Waals surface area contributed by atoms with Crippen molar-refractivity contribution in [1.82, 2.24) is 14.7 Å². The first-order chi connectivity index (χ1) is 12.5. The van der Waals surface area contributed by atoms with E-state index in [9.17, 15) is 14.4 Å². The number of hydrogen-bond donors (Lipinski definition) is 1. The number of nitrogens with zero attached hydrogens (tertiary/aromatic N) is 3. The Labute approximate surface area is 155 Å². The Balaban J connectivity index is 1.50. The Hall–Kier alpha value is -1.63. The Morgan fingerprint density at radius 1 is 1.15 bits per heavy atom. The number of piperidine rings is 1. The van der Waals surface area contributed by atoms with Crippen LogP contribution in [0.1, 0.15) is 51.9 Å². The molecule has 1 atom stereocenters. The second kappa shape index (κ2) is 8.37. The summed E-state index contributed by atoms with van der Waals surface area (Å²) in [6.45, 7) is 4.65. The molecule has 2 aliphatic heterocycles. The molecule has 1 unspecified atom stereocenters. The van der Waals surface area contributed by atoms with Gasteiger partial charge in [-0.05, 0) is 32.2 Å². The molecule has 26 heavy (non-hydrogen) atoms. The summed E-state index contributed by atoms with van der Waals surface area (Å²) in [5.41, 5.74) is 0. The third-order valence-corrected chi connectivity index (χ3v) is 6.31. The Kier molecular flexibility index (Phi) is 6.16. The zero-order valence-electron chi connectivity index (χ0n) is 15.7. The van der Waals surface area contributed by atoms with Crippen molar-refractivity contribution in [2.45, 2.75) is 64.0 Å². The van der Waals surface area contributed by atoms with E-state index in [0.29, 0.717) is 38.6 Å². The lowest BCUT2D eigenvalue weighted by molar-refractivity contribution is -0.141. The highest BCUT2D eigenvalue weighted by Gasteiger charge is 2.40. The maximum absolute atomic E-state index is 12.9. The molecule has 2 saturated heterocycles. The molecule has 3 fully saturated rings. The first kappa shape index (κ1) is 19.1. The van der Waals surface area contributed by atoms with Crippen molar-refractivity contribution in [2.24, 2.45) is 5.92 Å². The van der Waals surface area contributed by atoms with Crippen LogP contribution in [0.2, 0.25) is 0 Å². The minimum Gasteiger partial charge on any atom is -0.480 e. The second-order valence-electron chi connectivity index (χ2n) is 7.90. The SMILES string of the molecule is CCN(CC(=O)O)C1CCN(C(=O)C2CC(=O)N(C3CCCC3)C2)CC1. The van der Waals surface area contributed by atoms with E-state index in [0.717, 1.165) is 25.7 Å². The van der Waals surface area contributed by atoms with E-state index in [2.05, 4.69) is 0 Å². The van der Waals surface area contributed by atoms with E-state index in [1.54, 1.807) is 0 Å². The van der Waals surface area contributed by atoms with Crippen LogP contribution in [-0.2, 0) is 14.4 Å². The quantitative estimate of drug-likeness (QED) is 0.764. The van der Waals surface area contributed by atoms with Gasteiger partial charge in [-0.2, -0.15) is 0 Å². The number of carboxylic acid groups (broad SMARTS) is 1. The number of carboxylic acids is 1. The van der Waals surface area contributed by atoms with Crippen LogP contribution in [0.5, 0.6) is 0 Å². The number of aliphatic carboxylic acids is 1. The summed E-state index contributed by atoms with van der Waals surface area (Å²) < 4.78 is 0. The van der Waals surface area contributed by atoms with Gasteiger partial charge in [0.2, 0.25) is 11.8 Å². The molecule has 7 heteroatoms. The number of likely N-dealkylation sites (N-methyl/N-ethyl adjacent to an activating group) is 1. The number of amides is 2. The predicted molar refractivity (Wildman–Crippen MR) is 96.6 cm³/mol. The van der Waals surface area contributed by atoms with E-state index in [1.165, 1.54) is 12.8 Å². The van der Waals surface area contributed by atoms with E-state index in [1.807, 2.05) is 21.6 Å². The molecule has 1 saturated carbocycles. The van der Waals surface area contributed by atoms with Gasteiger partial charge in [0.15, 0.2) is 0 Å². The average molecular weight is 365 g/mol. The van der Waals surface area contributed by atoms with Crippen LogP contribution in [0, 0.1) is 5.92 Å². The molecule has 7 nitrogen and oxygen atoms in total. The third-order valence-electron chi connectivity index (χ3n) is 6.31. The fourth-order valence-corrected chi connectivity index (χ4v) is 4.85. The molecule has 0 aromatic heterocycles. The molecule has 0 aromatic rings. The van der Waals surface area contributed by atoms with Gasteiger partial charge in [0.1, 0.15) is 0 Å². The summed E-state index contributed by atoms with van der Waals surface area (Å²) in [5.74, 6) is -0.745. The number of likely N-dealkylation sites (tertiary alicyclic amines) is 2. The van der Waals surface area contributed by atoms with Crippen LogP contribution in [0.25, 0.3) is 0 Å². The van der Waals surface area contributed by atoms with Crippen molar-refractivity contribution >= 4 is 17.8 Å². The van der Waals surface area contributed by atoms with Crippen LogP contribution in [-0.4, -0.2) is 82.4 Å². The zero-order valence-corrected chi connectivity index (χ0v) is 15.7. The van der Waals surface area contributed by atoms with Crippen LogP contribution < -0.4 is 0 Å². The number of rotatable bonds is 6. The van der Waals surface area contributed by atoms with Gasteiger partial charge in [0.25, 0.3) is 0 Å². The van der Waals surface area contributed by atoms with Gasteiger partial charge in [-0.15, -0.1) is 0 Å². The fraction of sp³-hybridized carbons (Fsp3) is 0.842. The molecular weight excluding hydrogens is 334 g/mol. The fourth-order valence-electron chi connectivity index (χ4n) is 4.85. The minimum atomic E-state index is -0.804. The highest BCUT2D eigenvalue weighted by molar-refractivity contribution is 5.89. The van der Waals surface area contributed by atoms with Gasteiger partial charge in [-0.3, -0.25) is 19.3 Å². The molecule has 0 aromatic carbocycles. The van der Waals surface area contributed by atoms with Gasteiger partial charge in [-0.25, -0.2) is 0 Å². The molecule has 1 N–H and O–H groups in total. The molecule has 3 aliphatic rings. The summed E-state index contributed by atoms with van der Waals surface area (Å²) >= 11 is 0. The largest absolute Gasteiger partial charge is 0.480 e.